The second-order valence-electron chi connectivity index (χ2n) is 13.8. The quantitative estimate of drug-likeness (QED) is 0.0283. The standard InChI is InChI=1S/C41H79N2O6P/c1-3-5-7-9-11-13-15-17-19-21-22-24-26-28-30-32-34-40(44)39(38-49-50(46,47)48-37-36-42)43-41(45)35-33-31-29-27-25-23-20-18-16-14-12-10-8-6-4-2/h18,20,24,26,32,34,39-40,44H,3-17,19,21-23,25,27-31,33,35-38,42H2,1-2H3,(H,43,45)(H,46,47)/b20-18-,26-24+,34-32+. The molecule has 0 saturated heterocycles. The van der Waals surface area contributed by atoms with Gasteiger partial charge in [0.25, 0.3) is 0 Å². The van der Waals surface area contributed by atoms with Crippen molar-refractivity contribution in [2.75, 3.05) is 19.8 Å². The molecular formula is C41H79N2O6P. The van der Waals surface area contributed by atoms with Gasteiger partial charge in [-0.25, -0.2) is 4.57 Å². The Morgan fingerprint density at radius 1 is 0.640 bits per heavy atom. The molecule has 0 rings (SSSR count). The van der Waals surface area contributed by atoms with Gasteiger partial charge in [0, 0.05) is 13.0 Å². The van der Waals surface area contributed by atoms with E-state index >= 15 is 0 Å². The first-order chi connectivity index (χ1) is 24.4. The third-order valence-electron chi connectivity index (χ3n) is 8.94. The van der Waals surface area contributed by atoms with Gasteiger partial charge >= 0.3 is 7.82 Å². The molecule has 0 fully saturated rings. The number of carbonyl (C=O) groups excluding carboxylic acids is 1. The molecule has 9 heteroatoms. The Balaban J connectivity index is 4.33. The van der Waals surface area contributed by atoms with E-state index in [9.17, 15) is 19.4 Å². The molecule has 0 aromatic rings. The molecule has 0 aromatic carbocycles. The summed E-state index contributed by atoms with van der Waals surface area (Å²) in [6, 6.07) is -0.879. The minimum absolute atomic E-state index is 0.0725. The Hall–Kier alpha value is -1.28. The van der Waals surface area contributed by atoms with Crippen LogP contribution in [0.1, 0.15) is 187 Å². The molecule has 0 aliphatic carbocycles. The largest absolute Gasteiger partial charge is 0.472 e. The number of nitrogens with one attached hydrogen (secondary N) is 1. The molecule has 3 atom stereocenters. The molecule has 0 aliphatic rings. The highest BCUT2D eigenvalue weighted by atomic mass is 31.2. The molecule has 50 heavy (non-hydrogen) atoms. The van der Waals surface area contributed by atoms with Crippen molar-refractivity contribution in [3.05, 3.63) is 36.5 Å². The van der Waals surface area contributed by atoms with E-state index in [0.29, 0.717) is 6.42 Å². The van der Waals surface area contributed by atoms with Crippen molar-refractivity contribution in [1.82, 2.24) is 5.32 Å². The summed E-state index contributed by atoms with van der Waals surface area (Å²) < 4.78 is 22.1. The van der Waals surface area contributed by atoms with E-state index < -0.39 is 20.0 Å². The first kappa shape index (κ1) is 48.7. The molecule has 0 heterocycles. The lowest BCUT2D eigenvalue weighted by Crippen LogP contribution is -2.45. The average Bonchev–Trinajstić information content (AvgIpc) is 3.10. The van der Waals surface area contributed by atoms with Crippen LogP contribution in [0.4, 0.5) is 0 Å². The monoisotopic (exact) mass is 727 g/mol. The Bertz CT molecular complexity index is 881. The van der Waals surface area contributed by atoms with Crippen molar-refractivity contribution >= 4 is 13.7 Å². The third-order valence-corrected chi connectivity index (χ3v) is 9.92. The molecular weight excluding hydrogens is 647 g/mol. The maximum Gasteiger partial charge on any atom is 0.472 e. The van der Waals surface area contributed by atoms with Crippen LogP contribution in [0.5, 0.6) is 0 Å². The summed E-state index contributed by atoms with van der Waals surface area (Å²) in [6.07, 6.45) is 43.3. The number of rotatable bonds is 38. The lowest BCUT2D eigenvalue weighted by atomic mass is 10.1. The number of allylic oxidation sites excluding steroid dienone is 5. The van der Waals surface area contributed by atoms with Crippen molar-refractivity contribution in [2.45, 2.75) is 199 Å². The number of phosphoric ester groups is 1. The highest BCUT2D eigenvalue weighted by molar-refractivity contribution is 7.47. The number of amides is 1. The number of nitrogens with two attached hydrogens (primary N) is 1. The topological polar surface area (TPSA) is 131 Å². The lowest BCUT2D eigenvalue weighted by molar-refractivity contribution is -0.123. The van der Waals surface area contributed by atoms with Crippen LogP contribution in [-0.2, 0) is 18.4 Å². The summed E-state index contributed by atoms with van der Waals surface area (Å²) in [7, 11) is -4.34. The van der Waals surface area contributed by atoms with Gasteiger partial charge in [0.15, 0.2) is 0 Å². The van der Waals surface area contributed by atoms with Crippen molar-refractivity contribution in [3.8, 4) is 0 Å². The van der Waals surface area contributed by atoms with Crippen LogP contribution in [0.15, 0.2) is 36.5 Å². The number of hydrogen-bond donors (Lipinski definition) is 4. The minimum atomic E-state index is -4.34. The summed E-state index contributed by atoms with van der Waals surface area (Å²) in [6.45, 7) is 4.09. The van der Waals surface area contributed by atoms with Gasteiger partial charge in [0.05, 0.1) is 25.4 Å². The number of aliphatic hydroxyl groups excluding tert-OH is 1. The molecule has 0 aliphatic heterocycles. The van der Waals surface area contributed by atoms with Crippen molar-refractivity contribution in [1.29, 1.82) is 0 Å². The molecule has 0 radical (unpaired) electrons. The van der Waals surface area contributed by atoms with Gasteiger partial charge in [-0.15, -0.1) is 0 Å². The SMILES string of the molecule is CCCCCCCC/C=C\CCCCCCCC(=O)NC(COP(=O)(O)OCCN)C(O)/C=C/CC/C=C/CCCCCCCCCCCC. The molecule has 5 N–H and O–H groups in total. The van der Waals surface area contributed by atoms with Crippen molar-refractivity contribution in [3.63, 3.8) is 0 Å². The normalized spacial score (nSPS) is 14.6. The molecule has 0 saturated carbocycles. The van der Waals surface area contributed by atoms with Crippen LogP contribution < -0.4 is 11.1 Å². The molecule has 3 unspecified atom stereocenters. The zero-order chi connectivity index (χ0) is 36.8. The Labute approximate surface area is 308 Å². The maximum atomic E-state index is 12.7. The van der Waals surface area contributed by atoms with Gasteiger partial charge in [-0.2, -0.15) is 0 Å². The van der Waals surface area contributed by atoms with Gasteiger partial charge in [-0.1, -0.05) is 159 Å². The smallest absolute Gasteiger partial charge is 0.387 e. The van der Waals surface area contributed by atoms with Crippen LogP contribution >= 0.6 is 7.82 Å². The first-order valence-electron chi connectivity index (χ1n) is 20.6. The van der Waals surface area contributed by atoms with E-state index in [2.05, 4.69) is 43.5 Å². The number of phosphoric acid groups is 1. The van der Waals surface area contributed by atoms with E-state index in [-0.39, 0.29) is 25.7 Å². The van der Waals surface area contributed by atoms with Crippen LogP contribution in [0.3, 0.4) is 0 Å². The lowest BCUT2D eigenvalue weighted by Gasteiger charge is -2.23. The van der Waals surface area contributed by atoms with Gasteiger partial charge in [0.2, 0.25) is 5.91 Å². The summed E-state index contributed by atoms with van der Waals surface area (Å²) in [5, 5.41) is 13.6. The van der Waals surface area contributed by atoms with Gasteiger partial charge in [-0.05, 0) is 57.8 Å². The predicted molar refractivity (Wildman–Crippen MR) is 212 cm³/mol. The minimum Gasteiger partial charge on any atom is -0.387 e. The Morgan fingerprint density at radius 3 is 1.54 bits per heavy atom. The van der Waals surface area contributed by atoms with E-state index in [0.717, 1.165) is 51.4 Å². The summed E-state index contributed by atoms with van der Waals surface area (Å²) in [5.74, 6) is -0.214. The van der Waals surface area contributed by atoms with Gasteiger partial charge in [0.1, 0.15) is 0 Å². The number of unbranched alkanes of at least 4 members (excludes halogenated alkanes) is 22. The second kappa shape index (κ2) is 37.5. The number of hydrogen-bond acceptors (Lipinski definition) is 6. The fraction of sp³-hybridized carbons (Fsp3) is 0.829. The molecule has 294 valence electrons. The second-order valence-corrected chi connectivity index (χ2v) is 15.3. The van der Waals surface area contributed by atoms with Gasteiger partial charge in [-0.3, -0.25) is 13.8 Å². The number of aliphatic hydroxyl groups is 1. The molecule has 8 nitrogen and oxygen atoms in total. The van der Waals surface area contributed by atoms with Gasteiger partial charge < -0.3 is 21.1 Å². The summed E-state index contributed by atoms with van der Waals surface area (Å²) >= 11 is 0. The first-order valence-corrected chi connectivity index (χ1v) is 22.1. The maximum absolute atomic E-state index is 12.7. The zero-order valence-corrected chi connectivity index (χ0v) is 33.3. The molecule has 0 aromatic heterocycles. The Kier molecular flexibility index (Phi) is 36.5. The summed E-state index contributed by atoms with van der Waals surface area (Å²) in [5.41, 5.74) is 5.36. The molecule has 0 spiro atoms. The summed E-state index contributed by atoms with van der Waals surface area (Å²) in [4.78, 5) is 22.6. The fourth-order valence-electron chi connectivity index (χ4n) is 5.79. The molecule has 1 amide bonds. The number of carbonyl (C=O) groups is 1. The highest BCUT2D eigenvalue weighted by Gasteiger charge is 2.26. The third kappa shape index (κ3) is 35.1. The predicted octanol–water partition coefficient (Wildman–Crippen LogP) is 11.2. The van der Waals surface area contributed by atoms with Crippen LogP contribution in [-0.4, -0.2) is 47.8 Å². The molecule has 0 bridgehead atoms. The van der Waals surface area contributed by atoms with Crippen LogP contribution in [0, 0.1) is 0 Å². The zero-order valence-electron chi connectivity index (χ0n) is 32.4. The average molecular weight is 727 g/mol. The van der Waals surface area contributed by atoms with Crippen molar-refractivity contribution in [2.24, 2.45) is 5.73 Å². The fourth-order valence-corrected chi connectivity index (χ4v) is 6.55. The van der Waals surface area contributed by atoms with E-state index in [1.54, 1.807) is 6.08 Å². The van der Waals surface area contributed by atoms with Crippen molar-refractivity contribution < 1.29 is 28.4 Å². The van der Waals surface area contributed by atoms with Crippen LogP contribution in [0.25, 0.3) is 0 Å². The highest BCUT2D eigenvalue weighted by Crippen LogP contribution is 2.43. The van der Waals surface area contributed by atoms with E-state index in [1.165, 1.54) is 116 Å². The van der Waals surface area contributed by atoms with E-state index in [1.807, 2.05) is 6.08 Å². The van der Waals surface area contributed by atoms with E-state index in [4.69, 9.17) is 14.8 Å². The van der Waals surface area contributed by atoms with Crippen LogP contribution in [0.2, 0.25) is 0 Å². The Morgan fingerprint density at radius 2 is 1.06 bits per heavy atom.